The van der Waals surface area contributed by atoms with Crippen LogP contribution in [0.2, 0.25) is 0 Å². The summed E-state index contributed by atoms with van der Waals surface area (Å²) in [6.07, 6.45) is -57.8. The van der Waals surface area contributed by atoms with Crippen LogP contribution in [-0.4, -0.2) is 360 Å². The molecular formula is C46H77N3O37S. The first-order valence-corrected chi connectivity index (χ1v) is 28.1. The van der Waals surface area contributed by atoms with Gasteiger partial charge in [-0.15, -0.1) is 0 Å². The fourth-order valence-corrected chi connectivity index (χ4v) is 10.9. The molecule has 0 aromatic carbocycles. The molecule has 31 atom stereocenters. The Morgan fingerprint density at radius 1 is 0.540 bits per heavy atom. The van der Waals surface area contributed by atoms with E-state index in [9.17, 15) is 119 Å². The number of aliphatic carboxylic acids is 1. The lowest BCUT2D eigenvalue weighted by Crippen LogP contribution is -2.71. The highest BCUT2D eigenvalue weighted by Crippen LogP contribution is 2.40. The molecule has 0 aromatic heterocycles. The fraction of sp³-hybridized carbons (Fsp3) is 0.913. The minimum atomic E-state index is -5.45. The molecule has 0 aromatic rings. The second-order valence-corrected chi connectivity index (χ2v) is 22.3. The highest BCUT2D eigenvalue weighted by molar-refractivity contribution is 7.80. The number of amides is 3. The Bertz CT molecular complexity index is 2370. The minimum Gasteiger partial charge on any atom is -0.477 e. The van der Waals surface area contributed by atoms with E-state index in [0.717, 1.165) is 27.9 Å². The number of carbonyl (C=O) groups excluding carboxylic acids is 3. The van der Waals surface area contributed by atoms with Crippen molar-refractivity contribution in [2.24, 2.45) is 0 Å². The van der Waals surface area contributed by atoms with Gasteiger partial charge in [-0.1, -0.05) is 0 Å². The van der Waals surface area contributed by atoms with Gasteiger partial charge in [0, 0.05) is 34.3 Å². The number of ether oxygens (including phenoxy) is 12. The van der Waals surface area contributed by atoms with Crippen LogP contribution in [0, 0.1) is 0 Å². The van der Waals surface area contributed by atoms with Crippen LogP contribution in [0.3, 0.4) is 0 Å². The maximum absolute atomic E-state index is 13.2. The van der Waals surface area contributed by atoms with E-state index in [-0.39, 0.29) is 0 Å². The highest BCUT2D eigenvalue weighted by atomic mass is 32.3. The smallest absolute Gasteiger partial charge is 0.397 e. The third-order valence-corrected chi connectivity index (χ3v) is 15.4. The molecule has 6 saturated heterocycles. The van der Waals surface area contributed by atoms with Gasteiger partial charge in [0.2, 0.25) is 17.7 Å². The monoisotopic (exact) mass is 1300 g/mol. The van der Waals surface area contributed by atoms with E-state index < -0.39 is 270 Å². The molecule has 40 nitrogen and oxygen atoms in total. The summed E-state index contributed by atoms with van der Waals surface area (Å²) >= 11 is 0. The third-order valence-electron chi connectivity index (χ3n) is 15.0. The molecule has 21 N–H and O–H groups in total. The van der Waals surface area contributed by atoms with E-state index in [2.05, 4.69) is 20.1 Å². The van der Waals surface area contributed by atoms with Gasteiger partial charge in [0.1, 0.15) is 140 Å². The summed E-state index contributed by atoms with van der Waals surface area (Å²) in [7, 11) is -4.43. The van der Waals surface area contributed by atoms with Crippen molar-refractivity contribution in [3.63, 3.8) is 0 Å². The molecule has 504 valence electrons. The molecule has 6 fully saturated rings. The van der Waals surface area contributed by atoms with Crippen LogP contribution in [0.1, 0.15) is 27.2 Å². The highest BCUT2D eigenvalue weighted by Gasteiger charge is 2.62. The van der Waals surface area contributed by atoms with Crippen molar-refractivity contribution in [1.29, 1.82) is 0 Å². The van der Waals surface area contributed by atoms with Gasteiger partial charge in [0.15, 0.2) is 31.5 Å². The normalized spacial score (nSPS) is 44.5. The van der Waals surface area contributed by atoms with Gasteiger partial charge in [-0.25, -0.2) is 8.98 Å². The average molecular weight is 1300 g/mol. The Morgan fingerprint density at radius 2 is 0.977 bits per heavy atom. The molecule has 41 heteroatoms. The fourth-order valence-electron chi connectivity index (χ4n) is 10.6. The van der Waals surface area contributed by atoms with Crippen molar-refractivity contribution in [3.8, 4) is 0 Å². The van der Waals surface area contributed by atoms with Crippen LogP contribution in [0.5, 0.6) is 0 Å². The number of carbonyl (C=O) groups is 4. The molecule has 0 spiro atoms. The van der Waals surface area contributed by atoms with Gasteiger partial charge in [0.25, 0.3) is 5.79 Å². The summed E-state index contributed by atoms with van der Waals surface area (Å²) in [6.45, 7) is -3.89. The van der Waals surface area contributed by atoms with E-state index in [1.165, 1.54) is 0 Å². The van der Waals surface area contributed by atoms with Crippen molar-refractivity contribution in [3.05, 3.63) is 0 Å². The van der Waals surface area contributed by atoms with Gasteiger partial charge >= 0.3 is 16.4 Å². The van der Waals surface area contributed by atoms with Crippen molar-refractivity contribution in [1.82, 2.24) is 16.0 Å². The largest absolute Gasteiger partial charge is 0.477 e. The van der Waals surface area contributed by atoms with Crippen LogP contribution < -0.4 is 16.0 Å². The number of aliphatic hydroxyl groups is 16. The molecule has 6 heterocycles. The quantitative estimate of drug-likeness (QED) is 0.0377. The number of carboxylic acid groups (broad SMARTS) is 1. The predicted molar refractivity (Wildman–Crippen MR) is 266 cm³/mol. The van der Waals surface area contributed by atoms with E-state index in [4.69, 9.17) is 56.8 Å². The van der Waals surface area contributed by atoms with E-state index in [0.29, 0.717) is 0 Å². The Hall–Kier alpha value is -3.37. The van der Waals surface area contributed by atoms with Crippen LogP contribution in [-0.2, 0) is 90.6 Å². The van der Waals surface area contributed by atoms with Crippen LogP contribution >= 0.6 is 0 Å². The van der Waals surface area contributed by atoms with Crippen molar-refractivity contribution >= 4 is 34.1 Å². The second kappa shape index (κ2) is 30.8. The lowest BCUT2D eigenvalue weighted by Gasteiger charge is -2.51. The predicted octanol–water partition coefficient (Wildman–Crippen LogP) is -14.0. The average Bonchev–Trinajstić information content (AvgIpc) is 1.16. The van der Waals surface area contributed by atoms with Crippen molar-refractivity contribution in [2.45, 2.75) is 217 Å². The van der Waals surface area contributed by atoms with Gasteiger partial charge in [-0.2, -0.15) is 8.42 Å². The van der Waals surface area contributed by atoms with Gasteiger partial charge in [-0.05, 0) is 0 Å². The standard InChI is InChI=1S/C46H77N3O37S/c1-12(54)47-22-15(57)5-46(45(69)70,85-37(22)25(59)16(58)6-50)86-39-28(62)19(9-53)79-44(34(39)68)83-36-23(48-13(2)55)40(74-4)80-20(29(36)63)10-75-41-24(49-14(3)56)38(84-43-33(67)31(65)27(61)18(8-52)78-43)35(21(81-41)11-76-87(71,72)73)82-42-32(66)30(64)26(60)17(7-51)77-42/h15-44,50-53,57-68H,5-11H2,1-4H3,(H,47,54)(H,48,55)(H,49,56)(H,69,70)(H,71,72,73)/t15-,16+,17+,18-,19+,20+,21+,22+,23+,24+,25+,26-,27+,28-,29-,30-,31+,32+,33-,34+,35+,36+,37+,38+,39-,40-,41+,42-,43-,44-,46-/m0/s1. The number of aliphatic hydroxyl groups excluding tert-OH is 16. The van der Waals surface area contributed by atoms with Crippen molar-refractivity contribution < 1.29 is 180 Å². The topological polar surface area (TPSA) is 623 Å². The summed E-state index contributed by atoms with van der Waals surface area (Å²) in [4.78, 5) is 51.2. The van der Waals surface area contributed by atoms with Gasteiger partial charge in [-0.3, -0.25) is 18.9 Å². The minimum absolute atomic E-state index is 0.848. The first-order valence-electron chi connectivity index (χ1n) is 26.8. The number of rotatable bonds is 25. The summed E-state index contributed by atoms with van der Waals surface area (Å²) in [6, 6.07) is -5.33. The molecule has 87 heavy (non-hydrogen) atoms. The molecule has 3 amide bonds. The van der Waals surface area contributed by atoms with Crippen LogP contribution in [0.4, 0.5) is 0 Å². The number of nitrogens with one attached hydrogen (secondary N) is 3. The zero-order chi connectivity index (χ0) is 64.9. The molecule has 0 radical (unpaired) electrons. The molecule has 0 saturated carbocycles. The number of methoxy groups -OCH3 is 1. The molecule has 0 unspecified atom stereocenters. The molecule has 6 rings (SSSR count). The summed E-state index contributed by atoms with van der Waals surface area (Å²) in [5.74, 6) is -8.04. The van der Waals surface area contributed by atoms with Crippen LogP contribution in [0.15, 0.2) is 0 Å². The van der Waals surface area contributed by atoms with Crippen LogP contribution in [0.25, 0.3) is 0 Å². The lowest BCUT2D eigenvalue weighted by molar-refractivity contribution is -0.384. The number of hydrogen-bond acceptors (Lipinski definition) is 35. The Labute approximate surface area is 492 Å². The Kier molecular flexibility index (Phi) is 25.8. The molecular weight excluding hydrogens is 1220 g/mol. The van der Waals surface area contributed by atoms with Gasteiger partial charge in [0.05, 0.1) is 51.8 Å². The zero-order valence-electron chi connectivity index (χ0n) is 46.5. The maximum atomic E-state index is 13.2. The van der Waals surface area contributed by atoms with E-state index in [1.54, 1.807) is 0 Å². The zero-order valence-corrected chi connectivity index (χ0v) is 47.3. The molecule has 6 aliphatic heterocycles. The molecule has 0 aliphatic carbocycles. The number of hydrogen-bond donors (Lipinski definition) is 21. The first kappa shape index (κ1) is 72.7. The summed E-state index contributed by atoms with van der Waals surface area (Å²) in [5, 5.41) is 190. The first-order chi connectivity index (χ1) is 40.8. The molecule has 6 aliphatic rings. The summed E-state index contributed by atoms with van der Waals surface area (Å²) in [5.41, 5.74) is 0. The Balaban J connectivity index is 1.36. The van der Waals surface area contributed by atoms with E-state index >= 15 is 0 Å². The van der Waals surface area contributed by atoms with Crippen molar-refractivity contribution in [2.75, 3.05) is 46.8 Å². The Morgan fingerprint density at radius 3 is 1.45 bits per heavy atom. The SMILES string of the molecule is CO[C@H]1O[C@H](CO[C@@H]2O[C@H](COS(=O)(=O)O)[C@@H](O[C@@H]3O[C@H](CO)[C@H](O)[C@H](O)[C@H]3O)[C@H](O[C@@H]3O[C@@H](CO)[C@@H](O)[C@@H](O)[C@@H]3O)[C@H]2NC(C)=O)[C@H](O)[C@H](O[C@@H]2O[C@H](CO)[C@H](O)[C@H](O[C@]3(C(=O)O)C[C@H](O)[C@@H](NC(C)=O)[C@H]([C@H](O)[C@H](O)CO)O3)[C@H]2O)[C@H]1NC(C)=O. The second-order valence-electron chi connectivity index (χ2n) is 21.2. The lowest BCUT2D eigenvalue weighted by atomic mass is 9.88. The van der Waals surface area contributed by atoms with E-state index in [1.807, 2.05) is 0 Å². The summed E-state index contributed by atoms with van der Waals surface area (Å²) < 4.78 is 108. The number of carboxylic acids is 1. The van der Waals surface area contributed by atoms with Gasteiger partial charge < -0.3 is 160 Å². The maximum Gasteiger partial charge on any atom is 0.397 e. The molecule has 0 bridgehead atoms. The third kappa shape index (κ3) is 16.8.